The van der Waals surface area contributed by atoms with Crippen LogP contribution in [-0.4, -0.2) is 35.0 Å². The average molecular weight is 355 g/mol. The van der Waals surface area contributed by atoms with Gasteiger partial charge in [-0.1, -0.05) is 37.3 Å². The summed E-state index contributed by atoms with van der Waals surface area (Å²) in [5, 5.41) is 5.06. The number of nitrogens with zero attached hydrogens (tertiary/aromatic N) is 2. The minimum absolute atomic E-state index is 0.151. The van der Waals surface area contributed by atoms with Crippen molar-refractivity contribution in [2.45, 2.75) is 31.8 Å². The van der Waals surface area contributed by atoms with E-state index in [0.29, 0.717) is 13.1 Å². The first-order chi connectivity index (χ1) is 12.1. The number of hydrogen-bond acceptors (Lipinski definition) is 4. The summed E-state index contributed by atoms with van der Waals surface area (Å²) in [5.74, 6) is -0.151. The van der Waals surface area contributed by atoms with Crippen molar-refractivity contribution < 1.29 is 9.59 Å². The molecule has 1 aromatic carbocycles. The number of benzene rings is 1. The van der Waals surface area contributed by atoms with Crippen LogP contribution < -0.4 is 5.32 Å². The molecule has 1 fully saturated rings. The van der Waals surface area contributed by atoms with Gasteiger partial charge in [0.2, 0.25) is 0 Å². The Hall–Kier alpha value is -2.18. The lowest BCUT2D eigenvalue weighted by molar-refractivity contribution is -0.133. The van der Waals surface area contributed by atoms with E-state index in [1.54, 1.807) is 11.3 Å². The van der Waals surface area contributed by atoms with Gasteiger partial charge in [0.1, 0.15) is 5.54 Å². The van der Waals surface area contributed by atoms with Crippen molar-refractivity contribution >= 4 is 23.3 Å². The number of carbonyl (C=O) groups excluding carboxylic acids is 2. The number of hydrogen-bond donors (Lipinski definition) is 1. The highest BCUT2D eigenvalue weighted by atomic mass is 32.1. The third-order valence-electron chi connectivity index (χ3n) is 5.20. The number of imide groups is 1. The fraction of sp³-hybridized carbons (Fsp3) is 0.368. The molecule has 2 aliphatic heterocycles. The van der Waals surface area contributed by atoms with Crippen molar-refractivity contribution in [1.29, 1.82) is 0 Å². The summed E-state index contributed by atoms with van der Waals surface area (Å²) in [6, 6.07) is 11.4. The molecule has 3 heterocycles. The molecule has 6 heteroatoms. The van der Waals surface area contributed by atoms with Crippen LogP contribution in [-0.2, 0) is 23.3 Å². The molecule has 3 amide bonds. The van der Waals surface area contributed by atoms with Gasteiger partial charge in [-0.3, -0.25) is 9.69 Å². The molecular formula is C19H21N3O2S. The van der Waals surface area contributed by atoms with Gasteiger partial charge in [-0.05, 0) is 35.4 Å². The third-order valence-corrected chi connectivity index (χ3v) is 6.22. The number of thiophene rings is 1. The quantitative estimate of drug-likeness (QED) is 0.858. The van der Waals surface area contributed by atoms with Crippen LogP contribution in [0.15, 0.2) is 41.8 Å². The van der Waals surface area contributed by atoms with Gasteiger partial charge >= 0.3 is 6.03 Å². The van der Waals surface area contributed by atoms with Crippen LogP contribution in [0.25, 0.3) is 0 Å². The molecule has 130 valence electrons. The van der Waals surface area contributed by atoms with E-state index in [0.717, 1.165) is 25.1 Å². The number of fused-ring (bicyclic) bond motifs is 1. The first-order valence-electron chi connectivity index (χ1n) is 8.61. The smallest absolute Gasteiger partial charge is 0.319 e. The third kappa shape index (κ3) is 2.65. The maximum atomic E-state index is 13.2. The Morgan fingerprint density at radius 1 is 1.20 bits per heavy atom. The van der Waals surface area contributed by atoms with E-state index in [2.05, 4.69) is 21.7 Å². The molecule has 0 aliphatic carbocycles. The second-order valence-corrected chi connectivity index (χ2v) is 7.60. The molecule has 0 spiro atoms. The Kier molecular flexibility index (Phi) is 4.09. The summed E-state index contributed by atoms with van der Waals surface area (Å²) in [4.78, 5) is 30.7. The number of rotatable bonds is 4. The largest absolute Gasteiger partial charge is 0.326 e. The number of carbonyl (C=O) groups is 2. The van der Waals surface area contributed by atoms with Crippen LogP contribution in [0, 0.1) is 0 Å². The van der Waals surface area contributed by atoms with Crippen molar-refractivity contribution in [2.75, 3.05) is 13.2 Å². The van der Waals surface area contributed by atoms with Gasteiger partial charge in [-0.2, -0.15) is 0 Å². The van der Waals surface area contributed by atoms with Crippen LogP contribution in [0.2, 0.25) is 0 Å². The van der Waals surface area contributed by atoms with Gasteiger partial charge in [0.25, 0.3) is 5.91 Å². The van der Waals surface area contributed by atoms with E-state index in [1.165, 1.54) is 15.3 Å². The highest BCUT2D eigenvalue weighted by molar-refractivity contribution is 7.10. The molecular weight excluding hydrogens is 334 g/mol. The maximum Gasteiger partial charge on any atom is 0.326 e. The average Bonchev–Trinajstić information content (AvgIpc) is 3.20. The molecule has 1 aromatic heterocycles. The molecule has 0 unspecified atom stereocenters. The summed E-state index contributed by atoms with van der Waals surface area (Å²) >= 11 is 1.79. The zero-order chi connectivity index (χ0) is 17.4. The van der Waals surface area contributed by atoms with Crippen LogP contribution in [0.3, 0.4) is 0 Å². The molecule has 25 heavy (non-hydrogen) atoms. The lowest BCUT2D eigenvalue weighted by Crippen LogP contribution is -2.46. The van der Waals surface area contributed by atoms with E-state index >= 15 is 0 Å². The molecule has 0 saturated carbocycles. The lowest BCUT2D eigenvalue weighted by Gasteiger charge is -2.30. The zero-order valence-electron chi connectivity index (χ0n) is 14.2. The van der Waals surface area contributed by atoms with Crippen molar-refractivity contribution in [3.8, 4) is 0 Å². The Labute approximate surface area is 151 Å². The van der Waals surface area contributed by atoms with Crippen molar-refractivity contribution in [2.24, 2.45) is 0 Å². The zero-order valence-corrected chi connectivity index (χ0v) is 15.0. The van der Waals surface area contributed by atoms with E-state index in [-0.39, 0.29) is 11.9 Å². The van der Waals surface area contributed by atoms with Crippen LogP contribution in [0.5, 0.6) is 0 Å². The van der Waals surface area contributed by atoms with Crippen molar-refractivity contribution in [3.05, 3.63) is 57.8 Å². The molecule has 1 atom stereocenters. The predicted octanol–water partition coefficient (Wildman–Crippen LogP) is 2.92. The topological polar surface area (TPSA) is 52.7 Å². The van der Waals surface area contributed by atoms with Crippen LogP contribution in [0.4, 0.5) is 4.79 Å². The Balaban J connectivity index is 1.56. The summed E-state index contributed by atoms with van der Waals surface area (Å²) in [5.41, 5.74) is 1.21. The molecule has 0 radical (unpaired) electrons. The number of urea groups is 1. The molecule has 2 aromatic rings. The highest BCUT2D eigenvalue weighted by Gasteiger charge is 2.51. The fourth-order valence-electron chi connectivity index (χ4n) is 3.74. The van der Waals surface area contributed by atoms with Crippen molar-refractivity contribution in [3.63, 3.8) is 0 Å². The second kappa shape index (κ2) is 6.28. The lowest BCUT2D eigenvalue weighted by atomic mass is 9.87. The van der Waals surface area contributed by atoms with E-state index in [4.69, 9.17) is 0 Å². The molecule has 0 bridgehead atoms. The number of amides is 3. The van der Waals surface area contributed by atoms with Gasteiger partial charge in [0, 0.05) is 18.0 Å². The Morgan fingerprint density at radius 2 is 2.00 bits per heavy atom. The van der Waals surface area contributed by atoms with Crippen LogP contribution >= 0.6 is 11.3 Å². The fourth-order valence-corrected chi connectivity index (χ4v) is 4.63. The van der Waals surface area contributed by atoms with Gasteiger partial charge in [0.05, 0.1) is 6.67 Å². The van der Waals surface area contributed by atoms with Gasteiger partial charge in [-0.15, -0.1) is 11.3 Å². The first kappa shape index (κ1) is 16.3. The van der Waals surface area contributed by atoms with Crippen molar-refractivity contribution in [1.82, 2.24) is 15.1 Å². The molecule has 1 N–H and O–H groups in total. The molecule has 4 rings (SSSR count). The van der Waals surface area contributed by atoms with Gasteiger partial charge in [-0.25, -0.2) is 9.69 Å². The molecule has 2 aliphatic rings. The monoisotopic (exact) mass is 355 g/mol. The summed E-state index contributed by atoms with van der Waals surface area (Å²) in [7, 11) is 0. The van der Waals surface area contributed by atoms with E-state index < -0.39 is 5.54 Å². The summed E-state index contributed by atoms with van der Waals surface area (Å²) in [6.45, 7) is 3.94. The SMILES string of the molecule is CC[C@@]1(c2ccccc2)NC(=O)N(CN2CCc3sccc3C2)C1=O. The Bertz CT molecular complexity index is 804. The molecule has 5 nitrogen and oxygen atoms in total. The van der Waals surface area contributed by atoms with Gasteiger partial charge < -0.3 is 5.32 Å². The minimum atomic E-state index is -0.943. The first-order valence-corrected chi connectivity index (χ1v) is 9.49. The highest BCUT2D eigenvalue weighted by Crippen LogP contribution is 2.33. The standard InChI is InChI=1S/C19H21N3O2S/c1-2-19(15-6-4-3-5-7-15)17(23)22(18(24)20-19)13-21-10-8-16-14(12-21)9-11-25-16/h3-7,9,11H,2,8,10,12-13H2,1H3,(H,20,24)/t19-/m0/s1. The van der Waals surface area contributed by atoms with E-state index in [9.17, 15) is 9.59 Å². The van der Waals surface area contributed by atoms with Crippen LogP contribution in [0.1, 0.15) is 29.3 Å². The second-order valence-electron chi connectivity index (χ2n) is 6.60. The number of nitrogens with one attached hydrogen (secondary N) is 1. The minimum Gasteiger partial charge on any atom is -0.319 e. The summed E-state index contributed by atoms with van der Waals surface area (Å²) < 4.78 is 0. The summed E-state index contributed by atoms with van der Waals surface area (Å²) in [6.07, 6.45) is 1.51. The van der Waals surface area contributed by atoms with Gasteiger partial charge in [0.15, 0.2) is 0 Å². The Morgan fingerprint density at radius 3 is 2.76 bits per heavy atom. The molecule has 1 saturated heterocycles. The predicted molar refractivity (Wildman–Crippen MR) is 97.1 cm³/mol. The maximum absolute atomic E-state index is 13.2. The normalized spacial score (nSPS) is 23.6. The van der Waals surface area contributed by atoms with E-state index in [1.807, 2.05) is 37.3 Å².